The summed E-state index contributed by atoms with van der Waals surface area (Å²) in [7, 11) is 0. The molecule has 9 nitrogen and oxygen atoms in total. The third kappa shape index (κ3) is 2.47. The second kappa shape index (κ2) is 5.95. The van der Waals surface area contributed by atoms with E-state index >= 15 is 0 Å². The van der Waals surface area contributed by atoms with Crippen LogP contribution >= 0.6 is 0 Å². The maximum atomic E-state index is 12.5. The molecule has 2 aromatic rings. The van der Waals surface area contributed by atoms with Gasteiger partial charge in [-0.25, -0.2) is 14.4 Å². The second-order valence-corrected chi connectivity index (χ2v) is 5.49. The molecule has 3 rings (SSSR count). The molecule has 0 bridgehead atoms. The molecule has 2 aromatic heterocycles. The van der Waals surface area contributed by atoms with Gasteiger partial charge in [-0.3, -0.25) is 4.57 Å². The SMILES string of the molecule is C[C@H](O)[C@H]1O[C@@H](n2cnc3cnc(N)nc32)C(O)(C#CCF)[C@H]1O. The average molecular weight is 337 g/mol. The molecule has 10 heteroatoms. The number of hydrogen-bond acceptors (Lipinski definition) is 8. The molecule has 1 aliphatic heterocycles. The van der Waals surface area contributed by atoms with Gasteiger partial charge in [0.25, 0.3) is 0 Å². The summed E-state index contributed by atoms with van der Waals surface area (Å²) < 4.78 is 19.4. The van der Waals surface area contributed by atoms with E-state index in [9.17, 15) is 19.7 Å². The van der Waals surface area contributed by atoms with Gasteiger partial charge in [-0.05, 0) is 6.92 Å². The Morgan fingerprint density at radius 3 is 2.96 bits per heavy atom. The van der Waals surface area contributed by atoms with Crippen LogP contribution < -0.4 is 5.73 Å². The van der Waals surface area contributed by atoms with Crippen molar-refractivity contribution in [3.8, 4) is 11.8 Å². The summed E-state index contributed by atoms with van der Waals surface area (Å²) in [5.74, 6) is 4.35. The molecule has 1 aliphatic rings. The lowest BCUT2D eigenvalue weighted by atomic mass is 9.93. The first-order valence-corrected chi connectivity index (χ1v) is 7.13. The predicted octanol–water partition coefficient (Wildman–Crippen LogP) is -1.25. The molecule has 3 heterocycles. The number of aliphatic hydroxyl groups is 3. The van der Waals surface area contributed by atoms with Crippen molar-refractivity contribution in [3.05, 3.63) is 12.5 Å². The Bertz CT molecular complexity index is 816. The second-order valence-electron chi connectivity index (χ2n) is 5.49. The van der Waals surface area contributed by atoms with Crippen molar-refractivity contribution in [1.29, 1.82) is 0 Å². The fourth-order valence-electron chi connectivity index (χ4n) is 2.70. The third-order valence-corrected chi connectivity index (χ3v) is 3.84. The molecule has 24 heavy (non-hydrogen) atoms. The van der Waals surface area contributed by atoms with Crippen LogP contribution in [0.25, 0.3) is 11.2 Å². The highest BCUT2D eigenvalue weighted by Gasteiger charge is 2.57. The van der Waals surface area contributed by atoms with Crippen LogP contribution in [0.2, 0.25) is 0 Å². The summed E-state index contributed by atoms with van der Waals surface area (Å²) >= 11 is 0. The first-order chi connectivity index (χ1) is 11.4. The van der Waals surface area contributed by atoms with Gasteiger partial charge in [0, 0.05) is 0 Å². The summed E-state index contributed by atoms with van der Waals surface area (Å²) in [4.78, 5) is 11.9. The molecule has 0 amide bonds. The zero-order chi connectivity index (χ0) is 17.5. The number of hydrogen-bond donors (Lipinski definition) is 4. The lowest BCUT2D eigenvalue weighted by Gasteiger charge is -2.26. The maximum absolute atomic E-state index is 12.5. The van der Waals surface area contributed by atoms with Crippen LogP contribution in [0, 0.1) is 11.8 Å². The van der Waals surface area contributed by atoms with Crippen molar-refractivity contribution in [2.75, 3.05) is 12.4 Å². The number of aromatic nitrogens is 4. The monoisotopic (exact) mass is 337 g/mol. The van der Waals surface area contributed by atoms with Crippen LogP contribution in [0.3, 0.4) is 0 Å². The van der Waals surface area contributed by atoms with Gasteiger partial charge in [-0.15, -0.1) is 0 Å². The van der Waals surface area contributed by atoms with Gasteiger partial charge in [-0.2, -0.15) is 4.98 Å². The molecule has 0 saturated carbocycles. The Balaban J connectivity index is 2.13. The first kappa shape index (κ1) is 16.5. The molecule has 5 atom stereocenters. The molecule has 1 unspecified atom stereocenters. The minimum Gasteiger partial charge on any atom is -0.391 e. The Kier molecular flexibility index (Phi) is 4.10. The van der Waals surface area contributed by atoms with E-state index < -0.39 is 36.8 Å². The van der Waals surface area contributed by atoms with E-state index in [4.69, 9.17) is 10.5 Å². The average Bonchev–Trinajstić information content (AvgIpc) is 3.05. The van der Waals surface area contributed by atoms with E-state index in [2.05, 4.69) is 26.8 Å². The van der Waals surface area contributed by atoms with Gasteiger partial charge in [0.15, 0.2) is 17.5 Å². The molecule has 5 N–H and O–H groups in total. The first-order valence-electron chi connectivity index (χ1n) is 7.13. The van der Waals surface area contributed by atoms with Crippen LogP contribution in [-0.2, 0) is 4.74 Å². The number of rotatable bonds is 2. The fourth-order valence-corrected chi connectivity index (χ4v) is 2.70. The zero-order valence-electron chi connectivity index (χ0n) is 12.7. The Hall–Kier alpha value is -2.32. The topological polar surface area (TPSA) is 140 Å². The number of nitrogens with zero attached hydrogens (tertiary/aromatic N) is 4. The quantitative estimate of drug-likeness (QED) is 0.499. The van der Waals surface area contributed by atoms with Crippen molar-refractivity contribution in [2.45, 2.75) is 37.1 Å². The molecule has 0 radical (unpaired) electrons. The Morgan fingerprint density at radius 1 is 1.54 bits per heavy atom. The highest BCUT2D eigenvalue weighted by Crippen LogP contribution is 2.40. The molecule has 0 spiro atoms. The molecule has 1 saturated heterocycles. The Labute approximate surface area is 135 Å². The van der Waals surface area contributed by atoms with Gasteiger partial charge < -0.3 is 25.8 Å². The van der Waals surface area contributed by atoms with Crippen molar-refractivity contribution in [3.63, 3.8) is 0 Å². The standard InChI is InChI=1S/C14H16FN5O4/c1-7(21)9-10(22)14(23,3-2-4-15)12(24-9)20-6-18-8-5-17-13(16)19-11(8)20/h5-7,9-10,12,21-23H,4H2,1H3,(H2,16,17,19)/t7-,9+,10-,12+,14?/m0/s1. The lowest BCUT2D eigenvalue weighted by Crippen LogP contribution is -2.47. The van der Waals surface area contributed by atoms with E-state index in [1.165, 1.54) is 24.0 Å². The summed E-state index contributed by atoms with van der Waals surface area (Å²) in [6.45, 7) is 0.381. The predicted molar refractivity (Wildman–Crippen MR) is 80.0 cm³/mol. The van der Waals surface area contributed by atoms with Gasteiger partial charge in [-0.1, -0.05) is 11.8 Å². The van der Waals surface area contributed by atoms with Crippen molar-refractivity contribution >= 4 is 17.1 Å². The number of aliphatic hydroxyl groups excluding tert-OH is 2. The third-order valence-electron chi connectivity index (χ3n) is 3.84. The van der Waals surface area contributed by atoms with Gasteiger partial charge in [0.1, 0.15) is 24.4 Å². The number of alkyl halides is 1. The minimum absolute atomic E-state index is 0.0201. The van der Waals surface area contributed by atoms with Crippen LogP contribution in [0.4, 0.5) is 10.3 Å². The normalized spacial score (nSPS) is 31.0. The number of halogens is 1. The van der Waals surface area contributed by atoms with E-state index in [1.54, 1.807) is 0 Å². The number of nitrogens with two attached hydrogens (primary N) is 1. The van der Waals surface area contributed by atoms with E-state index in [-0.39, 0.29) is 11.6 Å². The van der Waals surface area contributed by atoms with E-state index in [0.29, 0.717) is 5.52 Å². The van der Waals surface area contributed by atoms with Crippen LogP contribution in [0.15, 0.2) is 12.5 Å². The molecular weight excluding hydrogens is 321 g/mol. The highest BCUT2D eigenvalue weighted by molar-refractivity contribution is 5.70. The van der Waals surface area contributed by atoms with E-state index in [1.807, 2.05) is 0 Å². The molecule has 128 valence electrons. The van der Waals surface area contributed by atoms with Gasteiger partial charge in [0.05, 0.1) is 18.6 Å². The summed E-state index contributed by atoms with van der Waals surface area (Å²) in [6, 6.07) is 0. The Morgan fingerprint density at radius 2 is 2.29 bits per heavy atom. The molecular formula is C14H16FN5O4. The highest BCUT2D eigenvalue weighted by atomic mass is 19.1. The van der Waals surface area contributed by atoms with Crippen LogP contribution in [0.1, 0.15) is 13.2 Å². The summed E-state index contributed by atoms with van der Waals surface area (Å²) in [5, 5.41) is 30.9. The smallest absolute Gasteiger partial charge is 0.222 e. The van der Waals surface area contributed by atoms with Gasteiger partial charge >= 0.3 is 0 Å². The minimum atomic E-state index is -2.17. The van der Waals surface area contributed by atoms with Crippen LogP contribution in [-0.4, -0.2) is 65.4 Å². The van der Waals surface area contributed by atoms with Crippen molar-refractivity contribution in [2.24, 2.45) is 0 Å². The van der Waals surface area contributed by atoms with E-state index in [0.717, 1.165) is 0 Å². The zero-order valence-corrected chi connectivity index (χ0v) is 12.7. The van der Waals surface area contributed by atoms with Gasteiger partial charge in [0.2, 0.25) is 5.95 Å². The number of ether oxygens (including phenoxy) is 1. The molecule has 1 fully saturated rings. The number of fused-ring (bicyclic) bond motifs is 1. The van der Waals surface area contributed by atoms with Crippen LogP contribution in [0.5, 0.6) is 0 Å². The number of anilines is 1. The number of nitrogen functional groups attached to an aromatic ring is 1. The summed E-state index contributed by atoms with van der Waals surface area (Å²) in [5.41, 5.74) is 4.02. The number of imidazole rings is 1. The molecule has 0 aromatic carbocycles. The largest absolute Gasteiger partial charge is 0.391 e. The summed E-state index contributed by atoms with van der Waals surface area (Å²) in [6.07, 6.45) is -2.38. The van der Waals surface area contributed by atoms with Crippen molar-refractivity contribution in [1.82, 2.24) is 19.5 Å². The van der Waals surface area contributed by atoms with Crippen molar-refractivity contribution < 1.29 is 24.4 Å². The fraction of sp³-hybridized carbons (Fsp3) is 0.500. The maximum Gasteiger partial charge on any atom is 0.222 e. The molecule has 0 aliphatic carbocycles. The lowest BCUT2D eigenvalue weighted by molar-refractivity contribution is -0.0847.